The molecule has 2 amide bonds. The zero-order valence-corrected chi connectivity index (χ0v) is 24.2. The Morgan fingerprint density at radius 3 is 2.27 bits per heavy atom. The van der Waals surface area contributed by atoms with Gasteiger partial charge in [-0.15, -0.1) is 0 Å². The molecule has 0 bridgehead atoms. The predicted molar refractivity (Wildman–Crippen MR) is 141 cm³/mol. The number of alkyl carbamates (subject to hydrolysis) is 1. The summed E-state index contributed by atoms with van der Waals surface area (Å²) in [4.78, 5) is 60.1. The van der Waals surface area contributed by atoms with Gasteiger partial charge in [-0.2, -0.15) is 0 Å². The third-order valence-corrected chi connectivity index (χ3v) is 5.40. The highest BCUT2D eigenvalue weighted by Gasteiger charge is 2.45. The van der Waals surface area contributed by atoms with Gasteiger partial charge in [0.15, 0.2) is 0 Å². The van der Waals surface area contributed by atoms with Gasteiger partial charge in [-0.3, -0.25) is 19.2 Å². The molecule has 5 atom stereocenters. The average molecular weight is 583 g/mol. The van der Waals surface area contributed by atoms with Crippen molar-refractivity contribution in [2.45, 2.75) is 97.7 Å². The maximum Gasteiger partial charge on any atom is 0.408 e. The summed E-state index contributed by atoms with van der Waals surface area (Å²) in [6.45, 7) is 9.49. The van der Waals surface area contributed by atoms with Crippen LogP contribution in [0.2, 0.25) is 0 Å². The molecular weight excluding hydrogens is 544 g/mol. The zero-order chi connectivity index (χ0) is 30.9. The lowest BCUT2D eigenvalue weighted by Crippen LogP contribution is -2.55. The molecule has 0 saturated carbocycles. The minimum atomic E-state index is -1.39. The molecule has 3 N–H and O–H groups in total. The molecule has 1 fully saturated rings. The summed E-state index contributed by atoms with van der Waals surface area (Å²) in [5.74, 6) is -2.54. The van der Waals surface area contributed by atoms with Crippen molar-refractivity contribution in [1.29, 1.82) is 0 Å². The van der Waals surface area contributed by atoms with Gasteiger partial charge in [0, 0.05) is 27.2 Å². The van der Waals surface area contributed by atoms with E-state index >= 15 is 0 Å². The fourth-order valence-corrected chi connectivity index (χ4v) is 3.74. The maximum absolute atomic E-state index is 12.9. The van der Waals surface area contributed by atoms with Crippen LogP contribution in [0.1, 0.15) is 60.5 Å². The van der Waals surface area contributed by atoms with E-state index in [9.17, 15) is 29.1 Å². The third-order valence-electron chi connectivity index (χ3n) is 5.40. The monoisotopic (exact) mass is 582 g/mol. The summed E-state index contributed by atoms with van der Waals surface area (Å²) < 4.78 is 33.0. The Bertz CT molecular complexity index is 1120. The van der Waals surface area contributed by atoms with E-state index in [0.29, 0.717) is 5.56 Å². The number of hydrogen-bond acceptors (Lipinski definition) is 12. The van der Waals surface area contributed by atoms with Crippen molar-refractivity contribution in [1.82, 2.24) is 5.32 Å². The average Bonchev–Trinajstić information content (AvgIpc) is 2.83. The molecule has 0 aliphatic carbocycles. The van der Waals surface area contributed by atoms with E-state index in [-0.39, 0.29) is 31.1 Å². The van der Waals surface area contributed by atoms with Crippen LogP contribution < -0.4 is 15.4 Å². The standard InChI is InChI=1S/C27H38N2O12/c1-14(28-26(35)41-27(5,6)7)24(34)29-20-9-8-18(12-30)10-21(20)40-25-23(38-17(4)33)22(37-16(3)32)11-19(39-25)13-36-15(2)31/h8-10,14,19,22-23,25,30H,11-13H2,1-7H3,(H,28,35)(H,29,34)/t14-,19-,22-,23+,25-/m0/s1. The molecule has 41 heavy (non-hydrogen) atoms. The van der Waals surface area contributed by atoms with Crippen LogP contribution in [0.4, 0.5) is 10.5 Å². The van der Waals surface area contributed by atoms with Gasteiger partial charge in [-0.25, -0.2) is 4.79 Å². The molecule has 0 aromatic heterocycles. The number of benzene rings is 1. The number of esters is 3. The van der Waals surface area contributed by atoms with E-state index in [4.69, 9.17) is 28.4 Å². The highest BCUT2D eigenvalue weighted by atomic mass is 16.7. The molecule has 1 saturated heterocycles. The number of carbonyl (C=O) groups excluding carboxylic acids is 5. The lowest BCUT2D eigenvalue weighted by atomic mass is 10.0. The minimum Gasteiger partial charge on any atom is -0.463 e. The molecule has 0 spiro atoms. The van der Waals surface area contributed by atoms with Gasteiger partial charge in [0.25, 0.3) is 0 Å². The van der Waals surface area contributed by atoms with Crippen molar-refractivity contribution in [3.8, 4) is 5.75 Å². The van der Waals surface area contributed by atoms with E-state index in [2.05, 4.69) is 10.6 Å². The summed E-state index contributed by atoms with van der Waals surface area (Å²) in [6.07, 6.45) is -5.22. The summed E-state index contributed by atoms with van der Waals surface area (Å²) in [5, 5.41) is 14.8. The van der Waals surface area contributed by atoms with Crippen LogP contribution in [0.25, 0.3) is 0 Å². The molecule has 14 nitrogen and oxygen atoms in total. The SMILES string of the molecule is CC(=O)OC[C@@H]1C[C@H](OC(C)=O)[C@@H](OC(C)=O)[C@H](Oc2cc(CO)ccc2NC(=O)[C@H](C)NC(=O)OC(C)(C)C)O1. The zero-order valence-electron chi connectivity index (χ0n) is 24.2. The summed E-state index contributed by atoms with van der Waals surface area (Å²) >= 11 is 0. The summed E-state index contributed by atoms with van der Waals surface area (Å²) in [6, 6.07) is 3.40. The topological polar surface area (TPSA) is 185 Å². The smallest absolute Gasteiger partial charge is 0.408 e. The van der Waals surface area contributed by atoms with Crippen LogP contribution in [-0.4, -0.2) is 77.9 Å². The van der Waals surface area contributed by atoms with Crippen molar-refractivity contribution in [3.63, 3.8) is 0 Å². The van der Waals surface area contributed by atoms with Crippen molar-refractivity contribution < 1.29 is 57.5 Å². The van der Waals surface area contributed by atoms with E-state index in [1.165, 1.54) is 39.0 Å². The number of aliphatic hydroxyl groups is 1. The molecule has 1 heterocycles. The van der Waals surface area contributed by atoms with Gasteiger partial charge in [0.1, 0.15) is 30.1 Å². The second-order valence-corrected chi connectivity index (χ2v) is 10.4. The normalized spacial score (nSPS) is 21.1. The maximum atomic E-state index is 12.9. The first-order valence-corrected chi connectivity index (χ1v) is 12.9. The Balaban J connectivity index is 2.35. The first kappa shape index (κ1) is 33.3. The highest BCUT2D eigenvalue weighted by Crippen LogP contribution is 2.33. The van der Waals surface area contributed by atoms with Gasteiger partial charge in [0.2, 0.25) is 18.3 Å². The van der Waals surface area contributed by atoms with Crippen LogP contribution in [0.3, 0.4) is 0 Å². The van der Waals surface area contributed by atoms with Crippen LogP contribution in [-0.2, 0) is 49.5 Å². The van der Waals surface area contributed by atoms with E-state index in [0.717, 1.165) is 6.92 Å². The van der Waals surface area contributed by atoms with Crippen LogP contribution in [0.15, 0.2) is 18.2 Å². The van der Waals surface area contributed by atoms with Crippen molar-refractivity contribution >= 4 is 35.6 Å². The number of nitrogens with one attached hydrogen (secondary N) is 2. The second kappa shape index (κ2) is 14.6. The molecule has 1 aliphatic rings. The minimum absolute atomic E-state index is 0.00577. The number of aliphatic hydroxyl groups excluding tert-OH is 1. The highest BCUT2D eigenvalue weighted by molar-refractivity contribution is 5.97. The Labute approximate surface area is 237 Å². The Morgan fingerprint density at radius 2 is 1.71 bits per heavy atom. The number of carbonyl (C=O) groups is 5. The van der Waals surface area contributed by atoms with Crippen LogP contribution in [0.5, 0.6) is 5.75 Å². The van der Waals surface area contributed by atoms with Crippen molar-refractivity contribution in [2.24, 2.45) is 0 Å². The fourth-order valence-electron chi connectivity index (χ4n) is 3.74. The van der Waals surface area contributed by atoms with E-state index in [1.54, 1.807) is 20.8 Å². The van der Waals surface area contributed by atoms with Gasteiger partial charge >= 0.3 is 24.0 Å². The predicted octanol–water partition coefficient (Wildman–Crippen LogP) is 1.95. The Morgan fingerprint density at radius 1 is 1.05 bits per heavy atom. The second-order valence-electron chi connectivity index (χ2n) is 10.4. The van der Waals surface area contributed by atoms with Crippen LogP contribution >= 0.6 is 0 Å². The number of rotatable bonds is 10. The summed E-state index contributed by atoms with van der Waals surface area (Å²) in [7, 11) is 0. The Hall–Kier alpha value is -3.91. The van der Waals surface area contributed by atoms with E-state index < -0.39 is 66.2 Å². The molecular formula is C27H38N2O12. The lowest BCUT2D eigenvalue weighted by molar-refractivity contribution is -0.254. The number of amides is 2. The van der Waals surface area contributed by atoms with E-state index in [1.807, 2.05) is 0 Å². The quantitative estimate of drug-likeness (QED) is 0.269. The van der Waals surface area contributed by atoms with Gasteiger partial charge in [-0.05, 0) is 45.4 Å². The molecule has 2 rings (SSSR count). The molecule has 1 aromatic carbocycles. The molecule has 0 radical (unpaired) electrons. The Kier molecular flexibility index (Phi) is 11.9. The molecule has 228 valence electrons. The largest absolute Gasteiger partial charge is 0.463 e. The van der Waals surface area contributed by atoms with Crippen molar-refractivity contribution in [2.75, 3.05) is 11.9 Å². The van der Waals surface area contributed by atoms with Gasteiger partial charge in [-0.1, -0.05) is 6.07 Å². The number of ether oxygens (including phenoxy) is 6. The molecule has 1 aromatic rings. The third kappa shape index (κ3) is 11.2. The van der Waals surface area contributed by atoms with Crippen molar-refractivity contribution in [3.05, 3.63) is 23.8 Å². The van der Waals surface area contributed by atoms with Gasteiger partial charge in [0.05, 0.1) is 18.4 Å². The fraction of sp³-hybridized carbons (Fsp3) is 0.593. The van der Waals surface area contributed by atoms with Gasteiger partial charge < -0.3 is 44.2 Å². The molecule has 14 heteroatoms. The number of anilines is 1. The molecule has 0 unspecified atom stereocenters. The lowest BCUT2D eigenvalue weighted by Gasteiger charge is -2.40. The van der Waals surface area contributed by atoms with Crippen LogP contribution in [0, 0.1) is 0 Å². The number of hydrogen-bond donors (Lipinski definition) is 3. The first-order valence-electron chi connectivity index (χ1n) is 12.9. The molecule has 1 aliphatic heterocycles. The summed E-state index contributed by atoms with van der Waals surface area (Å²) in [5.41, 5.74) is -0.232. The first-order chi connectivity index (χ1) is 19.1.